The summed E-state index contributed by atoms with van der Waals surface area (Å²) >= 11 is 0. The lowest BCUT2D eigenvalue weighted by atomic mass is 10.1. The highest BCUT2D eigenvalue weighted by Gasteiger charge is 2.24. The average molecular weight is 276 g/mol. The minimum absolute atomic E-state index is 0.0543. The highest BCUT2D eigenvalue weighted by atomic mass is 16.6. The summed E-state index contributed by atoms with van der Waals surface area (Å²) in [7, 11) is 0. The van der Waals surface area contributed by atoms with Crippen LogP contribution in [0, 0.1) is 17.0 Å². The molecule has 0 aliphatic carbocycles. The number of esters is 1. The fraction of sp³-hybridized carbons (Fsp3) is 0.357. The summed E-state index contributed by atoms with van der Waals surface area (Å²) in [6.07, 6.45) is 0. The Morgan fingerprint density at radius 2 is 2.00 bits per heavy atom. The summed E-state index contributed by atoms with van der Waals surface area (Å²) < 4.78 is 5.34. The van der Waals surface area contributed by atoms with Crippen molar-refractivity contribution in [3.8, 4) is 0 Å². The van der Waals surface area contributed by atoms with Gasteiger partial charge in [0.25, 0.3) is 5.69 Å². The molecule has 1 heterocycles. The number of nitrogens with zero attached hydrogens (tertiary/aromatic N) is 1. The molecule has 0 saturated carbocycles. The number of nitro benzene ring substituents is 1. The number of fused-ring (bicyclic) bond motifs is 1. The maximum atomic E-state index is 12.2. The van der Waals surface area contributed by atoms with Crippen LogP contribution in [0.25, 0.3) is 10.9 Å². The van der Waals surface area contributed by atoms with Crippen LogP contribution in [0.5, 0.6) is 0 Å². The van der Waals surface area contributed by atoms with Crippen LogP contribution < -0.4 is 0 Å². The Morgan fingerprint density at radius 3 is 2.55 bits per heavy atom. The van der Waals surface area contributed by atoms with E-state index >= 15 is 0 Å². The Balaban J connectivity index is 2.57. The van der Waals surface area contributed by atoms with Gasteiger partial charge in [0.05, 0.1) is 10.5 Å². The van der Waals surface area contributed by atoms with Crippen molar-refractivity contribution in [1.29, 1.82) is 0 Å². The molecule has 1 aromatic heterocycles. The summed E-state index contributed by atoms with van der Waals surface area (Å²) in [6, 6.07) is 4.38. The van der Waals surface area contributed by atoms with Gasteiger partial charge in [-0.15, -0.1) is 0 Å². The smallest absolute Gasteiger partial charge is 0.341 e. The second-order valence-electron chi connectivity index (χ2n) is 5.61. The number of H-pyrrole nitrogens is 1. The molecule has 6 heteroatoms. The fourth-order valence-corrected chi connectivity index (χ4v) is 2.02. The van der Waals surface area contributed by atoms with Gasteiger partial charge in [0.2, 0.25) is 0 Å². The molecule has 0 spiro atoms. The predicted octanol–water partition coefficient (Wildman–Crippen LogP) is 3.34. The maximum Gasteiger partial charge on any atom is 0.341 e. The molecule has 1 N–H and O–H groups in total. The number of nitro groups is 1. The van der Waals surface area contributed by atoms with Crippen LogP contribution in [0.1, 0.15) is 36.8 Å². The van der Waals surface area contributed by atoms with Gasteiger partial charge in [0, 0.05) is 28.7 Å². The topological polar surface area (TPSA) is 85.2 Å². The Morgan fingerprint density at radius 1 is 1.35 bits per heavy atom. The van der Waals surface area contributed by atoms with Crippen molar-refractivity contribution in [3.63, 3.8) is 0 Å². The monoisotopic (exact) mass is 276 g/mol. The van der Waals surface area contributed by atoms with Gasteiger partial charge in [-0.2, -0.15) is 0 Å². The highest BCUT2D eigenvalue weighted by Crippen LogP contribution is 2.28. The summed E-state index contributed by atoms with van der Waals surface area (Å²) in [6.45, 7) is 7.07. The lowest BCUT2D eigenvalue weighted by Gasteiger charge is -2.19. The molecule has 0 aliphatic rings. The first kappa shape index (κ1) is 14.0. The number of nitrogens with one attached hydrogen (secondary N) is 1. The molecule has 0 amide bonds. The SMILES string of the molecule is Cc1[nH]c2ccc([N+](=O)[O-])cc2c1C(=O)OC(C)(C)C. The van der Waals surface area contributed by atoms with Gasteiger partial charge in [0.15, 0.2) is 0 Å². The third-order valence-electron chi connectivity index (χ3n) is 2.78. The standard InChI is InChI=1S/C14H16N2O4/c1-8-12(13(17)20-14(2,3)4)10-7-9(16(18)19)5-6-11(10)15-8/h5-7,15H,1-4H3. The zero-order valence-corrected chi connectivity index (χ0v) is 11.8. The number of rotatable bonds is 2. The van der Waals surface area contributed by atoms with Crippen molar-refractivity contribution in [2.75, 3.05) is 0 Å². The Kier molecular flexibility index (Phi) is 3.25. The maximum absolute atomic E-state index is 12.2. The van der Waals surface area contributed by atoms with Crippen LogP contribution in [0.4, 0.5) is 5.69 Å². The molecule has 0 fully saturated rings. The Hall–Kier alpha value is -2.37. The molecule has 0 aliphatic heterocycles. The molecule has 2 rings (SSSR count). The number of hydrogen-bond acceptors (Lipinski definition) is 4. The first-order chi connectivity index (χ1) is 9.19. The summed E-state index contributed by atoms with van der Waals surface area (Å²) in [5.41, 5.74) is 0.983. The number of aryl methyl sites for hydroxylation is 1. The number of benzene rings is 1. The first-order valence-electron chi connectivity index (χ1n) is 6.19. The van der Waals surface area contributed by atoms with E-state index in [-0.39, 0.29) is 5.69 Å². The van der Waals surface area contributed by atoms with E-state index in [1.165, 1.54) is 12.1 Å². The molecular formula is C14H16N2O4. The van der Waals surface area contributed by atoms with Gasteiger partial charge < -0.3 is 9.72 Å². The van der Waals surface area contributed by atoms with Crippen molar-refractivity contribution >= 4 is 22.6 Å². The van der Waals surface area contributed by atoms with Crippen LogP contribution in [0.3, 0.4) is 0 Å². The van der Waals surface area contributed by atoms with E-state index in [2.05, 4.69) is 4.98 Å². The molecule has 0 radical (unpaired) electrons. The van der Waals surface area contributed by atoms with Gasteiger partial charge in [-0.05, 0) is 33.8 Å². The zero-order valence-electron chi connectivity index (χ0n) is 11.8. The molecule has 0 unspecified atom stereocenters. The van der Waals surface area contributed by atoms with Crippen LogP contribution in [0.2, 0.25) is 0 Å². The number of ether oxygens (including phenoxy) is 1. The van der Waals surface area contributed by atoms with Crippen molar-refractivity contribution in [3.05, 3.63) is 39.6 Å². The fourth-order valence-electron chi connectivity index (χ4n) is 2.02. The lowest BCUT2D eigenvalue weighted by Crippen LogP contribution is -2.24. The second kappa shape index (κ2) is 4.63. The largest absolute Gasteiger partial charge is 0.456 e. The van der Waals surface area contributed by atoms with Crippen LogP contribution in [-0.4, -0.2) is 21.5 Å². The molecule has 106 valence electrons. The van der Waals surface area contributed by atoms with Crippen LogP contribution in [-0.2, 0) is 4.74 Å². The van der Waals surface area contributed by atoms with E-state index in [0.29, 0.717) is 22.2 Å². The normalized spacial score (nSPS) is 11.6. The van der Waals surface area contributed by atoms with Crippen molar-refractivity contribution < 1.29 is 14.5 Å². The first-order valence-corrected chi connectivity index (χ1v) is 6.19. The van der Waals surface area contributed by atoms with E-state index in [4.69, 9.17) is 4.74 Å². The number of carbonyl (C=O) groups excluding carboxylic acids is 1. The highest BCUT2D eigenvalue weighted by molar-refractivity contribution is 6.06. The van der Waals surface area contributed by atoms with Gasteiger partial charge in [-0.25, -0.2) is 4.79 Å². The van der Waals surface area contributed by atoms with Crippen molar-refractivity contribution in [2.45, 2.75) is 33.3 Å². The quantitative estimate of drug-likeness (QED) is 0.518. The minimum Gasteiger partial charge on any atom is -0.456 e. The van der Waals surface area contributed by atoms with Gasteiger partial charge in [-0.3, -0.25) is 10.1 Å². The zero-order chi connectivity index (χ0) is 15.1. The van der Waals surface area contributed by atoms with Crippen molar-refractivity contribution in [1.82, 2.24) is 4.98 Å². The van der Waals surface area contributed by atoms with Gasteiger partial charge in [0.1, 0.15) is 5.60 Å². The lowest BCUT2D eigenvalue weighted by molar-refractivity contribution is -0.384. The van der Waals surface area contributed by atoms with Gasteiger partial charge >= 0.3 is 5.97 Å². The predicted molar refractivity (Wildman–Crippen MR) is 74.9 cm³/mol. The third kappa shape index (κ3) is 2.64. The van der Waals surface area contributed by atoms with Crippen LogP contribution >= 0.6 is 0 Å². The molecule has 0 bridgehead atoms. The number of carbonyl (C=O) groups is 1. The molecule has 2 aromatic rings. The van der Waals surface area contributed by atoms with E-state index in [0.717, 1.165) is 0 Å². The number of non-ortho nitro benzene ring substituents is 1. The molecule has 6 nitrogen and oxygen atoms in total. The Bertz CT molecular complexity index is 695. The number of aromatic nitrogens is 1. The molecule has 0 saturated heterocycles. The molecule has 20 heavy (non-hydrogen) atoms. The number of aromatic amines is 1. The van der Waals surface area contributed by atoms with E-state index in [1.807, 2.05) is 0 Å². The van der Waals surface area contributed by atoms with E-state index < -0.39 is 16.5 Å². The summed E-state index contributed by atoms with van der Waals surface area (Å²) in [5.74, 6) is -0.484. The summed E-state index contributed by atoms with van der Waals surface area (Å²) in [4.78, 5) is 25.6. The minimum atomic E-state index is -0.617. The van der Waals surface area contributed by atoms with Gasteiger partial charge in [-0.1, -0.05) is 0 Å². The van der Waals surface area contributed by atoms with E-state index in [1.54, 1.807) is 33.8 Å². The average Bonchev–Trinajstić information content (AvgIpc) is 2.61. The van der Waals surface area contributed by atoms with Crippen molar-refractivity contribution in [2.24, 2.45) is 0 Å². The summed E-state index contributed by atoms with van der Waals surface area (Å²) in [5, 5.41) is 11.3. The van der Waals surface area contributed by atoms with E-state index in [9.17, 15) is 14.9 Å². The van der Waals surface area contributed by atoms with Crippen LogP contribution in [0.15, 0.2) is 18.2 Å². The number of hydrogen-bond donors (Lipinski definition) is 1. The third-order valence-corrected chi connectivity index (χ3v) is 2.78. The molecule has 0 atom stereocenters. The Labute approximate surface area is 115 Å². The molecular weight excluding hydrogens is 260 g/mol. The molecule has 1 aromatic carbocycles. The second-order valence-corrected chi connectivity index (χ2v) is 5.61.